The number of aromatic nitrogens is 1. The van der Waals surface area contributed by atoms with E-state index >= 15 is 0 Å². The Balaban J connectivity index is 2.50. The molecule has 1 heterocycles. The largest absolute Gasteiger partial charge is 0.361 e. The fraction of sp³-hybridized carbons (Fsp3) is 0.200. The molecule has 0 N–H and O–H groups in total. The van der Waals surface area contributed by atoms with E-state index < -0.39 is 0 Å². The number of halogens is 2. The lowest BCUT2D eigenvalue weighted by Gasteiger charge is -2.18. The number of hydrogen-bond donors (Lipinski definition) is 0. The molecule has 3 rings (SSSR count). The van der Waals surface area contributed by atoms with E-state index in [2.05, 4.69) is 5.16 Å². The number of hydrogen-bond acceptors (Lipinski definition) is 3. The van der Waals surface area contributed by atoms with Crippen LogP contribution in [0.15, 0.2) is 34.9 Å². The van der Waals surface area contributed by atoms with Crippen LogP contribution in [-0.2, 0) is 0 Å². The maximum atomic E-state index is 13.9. The zero-order chi connectivity index (χ0) is 18.3. The van der Waals surface area contributed by atoms with Gasteiger partial charge in [0.25, 0.3) is 0 Å². The maximum absolute atomic E-state index is 13.9. The molecule has 0 amide bonds. The quantitative estimate of drug-likeness (QED) is 0.546. The number of carbonyl (C=O) groups excluding carboxylic acids is 1. The topological polar surface area (TPSA) is 43.1 Å². The van der Waals surface area contributed by atoms with Crippen molar-refractivity contribution in [3.05, 3.63) is 63.8 Å². The number of aryl methyl sites for hydroxylation is 2. The molecule has 0 saturated carbocycles. The van der Waals surface area contributed by atoms with Crippen LogP contribution in [0.25, 0.3) is 22.3 Å². The Hall–Kier alpha value is -2.46. The summed E-state index contributed by atoms with van der Waals surface area (Å²) in [6.45, 7) is 6.98. The third-order valence-corrected chi connectivity index (χ3v) is 4.69. The molecule has 5 heteroatoms. The average molecular weight is 358 g/mol. The van der Waals surface area contributed by atoms with Crippen LogP contribution in [0.2, 0.25) is 5.02 Å². The molecule has 0 unspecified atom stereocenters. The van der Waals surface area contributed by atoms with Gasteiger partial charge in [-0.25, -0.2) is 4.39 Å². The lowest BCUT2D eigenvalue weighted by Crippen LogP contribution is -2.02. The van der Waals surface area contributed by atoms with Gasteiger partial charge in [0.05, 0.1) is 5.69 Å². The molecule has 0 radical (unpaired) electrons. The molecule has 0 bridgehead atoms. The molecule has 2 aromatic carbocycles. The standard InChI is InChI=1S/C20H17ClFNO2/c1-10-17(21)9-16(12(3)24)20(14-6-5-7-15(22)8-14)18(10)19-11(2)23-25-13(19)4/h5-9H,1-4H3. The molecule has 0 aliphatic carbocycles. The van der Waals surface area contributed by atoms with E-state index in [1.165, 1.54) is 19.1 Å². The van der Waals surface area contributed by atoms with Crippen molar-refractivity contribution in [2.45, 2.75) is 27.7 Å². The molecule has 0 fully saturated rings. The summed E-state index contributed by atoms with van der Waals surface area (Å²) in [4.78, 5) is 12.3. The van der Waals surface area contributed by atoms with Crippen LogP contribution in [0, 0.1) is 26.6 Å². The Labute approximate surface area is 150 Å². The third kappa shape index (κ3) is 2.98. The molecule has 3 aromatic rings. The van der Waals surface area contributed by atoms with E-state index in [0.717, 1.165) is 16.7 Å². The molecular weight excluding hydrogens is 341 g/mol. The van der Waals surface area contributed by atoms with Crippen molar-refractivity contribution in [1.82, 2.24) is 5.16 Å². The second-order valence-corrected chi connectivity index (χ2v) is 6.45. The van der Waals surface area contributed by atoms with Crippen molar-refractivity contribution in [2.24, 2.45) is 0 Å². The minimum Gasteiger partial charge on any atom is -0.361 e. The third-order valence-electron chi connectivity index (χ3n) is 4.30. The van der Waals surface area contributed by atoms with E-state index in [4.69, 9.17) is 16.1 Å². The molecule has 0 atom stereocenters. The molecule has 0 spiro atoms. The van der Waals surface area contributed by atoms with Gasteiger partial charge in [0.1, 0.15) is 11.6 Å². The Morgan fingerprint density at radius 2 is 1.84 bits per heavy atom. The highest BCUT2D eigenvalue weighted by Crippen LogP contribution is 2.43. The molecule has 0 aliphatic heterocycles. The molecule has 3 nitrogen and oxygen atoms in total. The van der Waals surface area contributed by atoms with Gasteiger partial charge in [-0.05, 0) is 57.0 Å². The fourth-order valence-electron chi connectivity index (χ4n) is 3.12. The highest BCUT2D eigenvalue weighted by Gasteiger charge is 2.24. The first kappa shape index (κ1) is 17.4. The molecule has 128 valence electrons. The van der Waals surface area contributed by atoms with Gasteiger partial charge in [-0.2, -0.15) is 0 Å². The molecule has 25 heavy (non-hydrogen) atoms. The first-order chi connectivity index (χ1) is 11.8. The van der Waals surface area contributed by atoms with Gasteiger partial charge in [0.2, 0.25) is 0 Å². The van der Waals surface area contributed by atoms with Crippen LogP contribution in [-0.4, -0.2) is 10.9 Å². The number of nitrogens with zero attached hydrogens (tertiary/aromatic N) is 1. The summed E-state index contributed by atoms with van der Waals surface area (Å²) in [5, 5.41) is 4.49. The highest BCUT2D eigenvalue weighted by atomic mass is 35.5. The van der Waals surface area contributed by atoms with Gasteiger partial charge in [-0.3, -0.25) is 4.79 Å². The second-order valence-electron chi connectivity index (χ2n) is 6.05. The number of benzene rings is 2. The first-order valence-electron chi connectivity index (χ1n) is 7.84. The number of ketones is 1. The van der Waals surface area contributed by atoms with E-state index in [1.54, 1.807) is 25.1 Å². The smallest absolute Gasteiger partial charge is 0.160 e. The fourth-order valence-corrected chi connectivity index (χ4v) is 3.33. The van der Waals surface area contributed by atoms with Crippen LogP contribution in [0.1, 0.15) is 34.3 Å². The Bertz CT molecular complexity index is 972. The summed E-state index contributed by atoms with van der Waals surface area (Å²) in [6, 6.07) is 7.82. The lowest BCUT2D eigenvalue weighted by molar-refractivity contribution is 0.101. The van der Waals surface area contributed by atoms with Crippen molar-refractivity contribution < 1.29 is 13.7 Å². The number of rotatable bonds is 3. The van der Waals surface area contributed by atoms with Crippen LogP contribution in [0.5, 0.6) is 0 Å². The van der Waals surface area contributed by atoms with Crippen LogP contribution in [0.3, 0.4) is 0 Å². The molecular formula is C20H17ClFNO2. The predicted octanol–water partition coefficient (Wildman–Crippen LogP) is 5.93. The van der Waals surface area contributed by atoms with Gasteiger partial charge in [0.15, 0.2) is 5.78 Å². The summed E-state index contributed by atoms with van der Waals surface area (Å²) in [6.07, 6.45) is 0. The van der Waals surface area contributed by atoms with Crippen LogP contribution in [0.4, 0.5) is 4.39 Å². The lowest BCUT2D eigenvalue weighted by atomic mass is 9.85. The summed E-state index contributed by atoms with van der Waals surface area (Å²) in [7, 11) is 0. The van der Waals surface area contributed by atoms with Crippen molar-refractivity contribution in [3.8, 4) is 22.3 Å². The average Bonchev–Trinajstić information content (AvgIpc) is 2.88. The van der Waals surface area contributed by atoms with E-state index in [1.807, 2.05) is 13.8 Å². The highest BCUT2D eigenvalue weighted by molar-refractivity contribution is 6.32. The monoisotopic (exact) mass is 357 g/mol. The summed E-state index contributed by atoms with van der Waals surface area (Å²) >= 11 is 6.40. The summed E-state index contributed by atoms with van der Waals surface area (Å²) < 4.78 is 19.2. The van der Waals surface area contributed by atoms with Gasteiger partial charge >= 0.3 is 0 Å². The molecule has 0 saturated heterocycles. The van der Waals surface area contributed by atoms with Crippen LogP contribution >= 0.6 is 11.6 Å². The zero-order valence-corrected chi connectivity index (χ0v) is 15.2. The van der Waals surface area contributed by atoms with Gasteiger partial charge < -0.3 is 4.52 Å². The van der Waals surface area contributed by atoms with Crippen molar-refractivity contribution in [2.75, 3.05) is 0 Å². The zero-order valence-electron chi connectivity index (χ0n) is 14.4. The summed E-state index contributed by atoms with van der Waals surface area (Å²) in [5.41, 5.74) is 4.70. The Morgan fingerprint density at radius 1 is 1.12 bits per heavy atom. The molecule has 1 aromatic heterocycles. The normalized spacial score (nSPS) is 11.0. The maximum Gasteiger partial charge on any atom is 0.160 e. The van der Waals surface area contributed by atoms with Crippen LogP contribution < -0.4 is 0 Å². The summed E-state index contributed by atoms with van der Waals surface area (Å²) in [5.74, 6) is 0.105. The number of carbonyl (C=O) groups is 1. The Morgan fingerprint density at radius 3 is 2.40 bits per heavy atom. The number of Topliss-reactive ketones (excluding diaryl/α,β-unsaturated/α-hetero) is 1. The SMILES string of the molecule is CC(=O)c1cc(Cl)c(C)c(-c2c(C)noc2C)c1-c1cccc(F)c1. The van der Waals surface area contributed by atoms with Crippen molar-refractivity contribution >= 4 is 17.4 Å². The van der Waals surface area contributed by atoms with Gasteiger partial charge in [-0.15, -0.1) is 0 Å². The second kappa shape index (κ2) is 6.45. The molecule has 0 aliphatic rings. The van der Waals surface area contributed by atoms with E-state index in [0.29, 0.717) is 33.2 Å². The van der Waals surface area contributed by atoms with Gasteiger partial charge in [0, 0.05) is 27.3 Å². The minimum atomic E-state index is -0.371. The Kier molecular flexibility index (Phi) is 4.48. The van der Waals surface area contributed by atoms with E-state index in [-0.39, 0.29) is 11.6 Å². The first-order valence-corrected chi connectivity index (χ1v) is 8.22. The predicted molar refractivity (Wildman–Crippen MR) is 96.6 cm³/mol. The van der Waals surface area contributed by atoms with Crippen molar-refractivity contribution in [1.29, 1.82) is 0 Å². The van der Waals surface area contributed by atoms with E-state index in [9.17, 15) is 9.18 Å². The van der Waals surface area contributed by atoms with Crippen molar-refractivity contribution in [3.63, 3.8) is 0 Å². The minimum absolute atomic E-state index is 0.144. The van der Waals surface area contributed by atoms with Gasteiger partial charge in [-0.1, -0.05) is 28.9 Å².